The summed E-state index contributed by atoms with van der Waals surface area (Å²) in [6.07, 6.45) is 7.79. The van der Waals surface area contributed by atoms with Crippen molar-refractivity contribution >= 4 is 29.2 Å². The molecule has 5 rings (SSSR count). The van der Waals surface area contributed by atoms with Gasteiger partial charge in [0.1, 0.15) is 24.0 Å². The first-order chi connectivity index (χ1) is 15.5. The zero-order chi connectivity index (χ0) is 22.1. The highest BCUT2D eigenvalue weighted by Crippen LogP contribution is 2.35. The van der Waals surface area contributed by atoms with Crippen LogP contribution in [0.5, 0.6) is 5.75 Å². The number of allylic oxidation sites excluding steroid dienone is 1. The van der Waals surface area contributed by atoms with Crippen LogP contribution in [0, 0.1) is 11.6 Å². The van der Waals surface area contributed by atoms with Gasteiger partial charge in [0.15, 0.2) is 0 Å². The molecule has 6 nitrogen and oxygen atoms in total. The molecule has 2 aliphatic rings. The van der Waals surface area contributed by atoms with E-state index in [4.69, 9.17) is 4.74 Å². The van der Waals surface area contributed by atoms with Gasteiger partial charge < -0.3 is 25.3 Å². The number of rotatable bonds is 4. The first-order valence-corrected chi connectivity index (χ1v) is 10.5. The van der Waals surface area contributed by atoms with Crippen molar-refractivity contribution < 1.29 is 18.3 Å². The van der Waals surface area contributed by atoms with Gasteiger partial charge >= 0.3 is 6.03 Å². The lowest BCUT2D eigenvalue weighted by Crippen LogP contribution is -2.32. The second-order valence-electron chi connectivity index (χ2n) is 7.84. The lowest BCUT2D eigenvalue weighted by molar-refractivity contribution is 0.262. The van der Waals surface area contributed by atoms with E-state index >= 15 is 0 Å². The number of hydrogen-bond acceptors (Lipinski definition) is 3. The summed E-state index contributed by atoms with van der Waals surface area (Å²) in [6.45, 7) is 1.34. The molecule has 1 aliphatic heterocycles. The number of ether oxygens (including phenoxy) is 1. The van der Waals surface area contributed by atoms with Crippen LogP contribution in [0.15, 0.2) is 48.7 Å². The Balaban J connectivity index is 1.32. The van der Waals surface area contributed by atoms with Crippen LogP contribution in [0.2, 0.25) is 0 Å². The van der Waals surface area contributed by atoms with Gasteiger partial charge in [0.25, 0.3) is 0 Å². The molecule has 0 atom stereocenters. The molecule has 0 bridgehead atoms. The summed E-state index contributed by atoms with van der Waals surface area (Å²) in [7, 11) is 0. The Kier molecular flexibility index (Phi) is 5.26. The molecule has 2 heterocycles. The van der Waals surface area contributed by atoms with Crippen LogP contribution in [0.25, 0.3) is 6.08 Å². The molecule has 0 saturated carbocycles. The summed E-state index contributed by atoms with van der Waals surface area (Å²) >= 11 is 0. The molecule has 32 heavy (non-hydrogen) atoms. The largest absolute Gasteiger partial charge is 0.490 e. The standard InChI is InChI=1S/C24H22F2N4O2/c25-16-9-15(10-17(26)11-16)14-30-7-8-32-23-6-5-18(12-22(23)30)28-24(31)29-21-13-27-20-4-2-1-3-19(20)21/h1,3,5-6,9-13,27H,2,4,7-8,14H2,(H2,28,29,31). The van der Waals surface area contributed by atoms with Crippen molar-refractivity contribution in [2.75, 3.05) is 28.7 Å². The Labute approximate surface area is 183 Å². The summed E-state index contributed by atoms with van der Waals surface area (Å²) < 4.78 is 32.9. The number of anilines is 3. The van der Waals surface area contributed by atoms with Crippen molar-refractivity contribution in [2.24, 2.45) is 0 Å². The second kappa shape index (κ2) is 8.37. The van der Waals surface area contributed by atoms with E-state index < -0.39 is 11.6 Å². The molecular formula is C24H22F2N4O2. The maximum atomic E-state index is 13.6. The fourth-order valence-corrected chi connectivity index (χ4v) is 4.13. The molecule has 2 amide bonds. The zero-order valence-corrected chi connectivity index (χ0v) is 17.3. The SMILES string of the molecule is O=C(Nc1ccc2c(c1)N(Cc1cc(F)cc(F)c1)CCO2)Nc1c[nH]c2c1C=CCC2. The molecule has 3 N–H and O–H groups in total. The van der Waals surface area contributed by atoms with Crippen molar-refractivity contribution in [2.45, 2.75) is 19.4 Å². The topological polar surface area (TPSA) is 69.4 Å². The summed E-state index contributed by atoms with van der Waals surface area (Å²) in [4.78, 5) is 17.8. The fraction of sp³-hybridized carbons (Fsp3) is 0.208. The average Bonchev–Trinajstić information content (AvgIpc) is 3.16. The Hall–Kier alpha value is -3.81. The van der Waals surface area contributed by atoms with Crippen molar-refractivity contribution in [1.29, 1.82) is 0 Å². The molecule has 0 spiro atoms. The fourth-order valence-electron chi connectivity index (χ4n) is 4.13. The summed E-state index contributed by atoms with van der Waals surface area (Å²) in [5, 5.41) is 5.73. The monoisotopic (exact) mass is 436 g/mol. The second-order valence-corrected chi connectivity index (χ2v) is 7.84. The van der Waals surface area contributed by atoms with Crippen LogP contribution < -0.4 is 20.3 Å². The maximum Gasteiger partial charge on any atom is 0.323 e. The van der Waals surface area contributed by atoms with Gasteiger partial charge in [-0.1, -0.05) is 12.2 Å². The molecule has 2 aromatic carbocycles. The Bertz CT molecular complexity index is 1180. The van der Waals surface area contributed by atoms with E-state index in [-0.39, 0.29) is 6.03 Å². The third kappa shape index (κ3) is 4.16. The van der Waals surface area contributed by atoms with Gasteiger partial charge in [0.2, 0.25) is 0 Å². The van der Waals surface area contributed by atoms with E-state index in [2.05, 4.69) is 21.7 Å². The molecule has 0 unspecified atom stereocenters. The van der Waals surface area contributed by atoms with Gasteiger partial charge in [-0.25, -0.2) is 13.6 Å². The number of nitrogens with zero attached hydrogens (tertiary/aromatic N) is 1. The van der Waals surface area contributed by atoms with Gasteiger partial charge in [0, 0.05) is 35.8 Å². The first kappa shape index (κ1) is 20.1. The molecular weight excluding hydrogens is 414 g/mol. The molecule has 0 radical (unpaired) electrons. The maximum absolute atomic E-state index is 13.6. The summed E-state index contributed by atoms with van der Waals surface area (Å²) in [5.41, 5.74) is 4.70. The number of aromatic nitrogens is 1. The van der Waals surface area contributed by atoms with Crippen molar-refractivity contribution in [3.63, 3.8) is 0 Å². The Morgan fingerprint density at radius 1 is 1.12 bits per heavy atom. The minimum atomic E-state index is -0.609. The van der Waals surface area contributed by atoms with Crippen LogP contribution in [-0.2, 0) is 13.0 Å². The third-order valence-electron chi connectivity index (χ3n) is 5.57. The van der Waals surface area contributed by atoms with Gasteiger partial charge in [-0.3, -0.25) is 0 Å². The van der Waals surface area contributed by atoms with E-state index in [0.29, 0.717) is 36.7 Å². The molecule has 1 aromatic heterocycles. The number of fused-ring (bicyclic) bond motifs is 2. The minimum Gasteiger partial charge on any atom is -0.490 e. The number of amides is 2. The lowest BCUT2D eigenvalue weighted by Gasteiger charge is -2.31. The Morgan fingerprint density at radius 2 is 1.97 bits per heavy atom. The smallest absolute Gasteiger partial charge is 0.323 e. The van der Waals surface area contributed by atoms with E-state index in [1.54, 1.807) is 24.4 Å². The molecule has 0 saturated heterocycles. The highest BCUT2D eigenvalue weighted by Gasteiger charge is 2.20. The minimum absolute atomic E-state index is 0.322. The predicted octanol–water partition coefficient (Wildman–Crippen LogP) is 5.30. The van der Waals surface area contributed by atoms with Crippen LogP contribution in [0.4, 0.5) is 30.6 Å². The third-order valence-corrected chi connectivity index (χ3v) is 5.57. The highest BCUT2D eigenvalue weighted by atomic mass is 19.1. The number of halogens is 2. The molecule has 0 fully saturated rings. The lowest BCUT2D eigenvalue weighted by atomic mass is 10.0. The number of carbonyl (C=O) groups excluding carboxylic acids is 1. The average molecular weight is 436 g/mol. The zero-order valence-electron chi connectivity index (χ0n) is 17.3. The van der Waals surface area contributed by atoms with Crippen LogP contribution in [0.1, 0.15) is 23.2 Å². The van der Waals surface area contributed by atoms with Crippen molar-refractivity contribution in [1.82, 2.24) is 4.98 Å². The number of urea groups is 1. The quantitative estimate of drug-likeness (QED) is 0.520. The Morgan fingerprint density at radius 3 is 2.81 bits per heavy atom. The van der Waals surface area contributed by atoms with Crippen LogP contribution >= 0.6 is 0 Å². The number of H-pyrrole nitrogens is 1. The van der Waals surface area contributed by atoms with Crippen LogP contribution in [-0.4, -0.2) is 24.2 Å². The van der Waals surface area contributed by atoms with Gasteiger partial charge in [-0.2, -0.15) is 0 Å². The number of hydrogen-bond donors (Lipinski definition) is 3. The van der Waals surface area contributed by atoms with Gasteiger partial charge in [-0.05, 0) is 48.7 Å². The molecule has 3 aromatic rings. The first-order valence-electron chi connectivity index (χ1n) is 10.5. The number of carbonyl (C=O) groups is 1. The van der Waals surface area contributed by atoms with Crippen molar-refractivity contribution in [3.8, 4) is 5.75 Å². The van der Waals surface area contributed by atoms with Crippen molar-refractivity contribution in [3.05, 3.63) is 77.1 Å². The van der Waals surface area contributed by atoms with E-state index in [1.807, 2.05) is 11.0 Å². The normalized spacial score (nSPS) is 14.4. The summed E-state index contributed by atoms with van der Waals surface area (Å²) in [6, 6.07) is 8.48. The van der Waals surface area contributed by atoms with Crippen LogP contribution in [0.3, 0.4) is 0 Å². The molecule has 1 aliphatic carbocycles. The number of benzene rings is 2. The molecule has 164 valence electrons. The summed E-state index contributed by atoms with van der Waals surface area (Å²) in [5.74, 6) is -0.561. The highest BCUT2D eigenvalue weighted by molar-refractivity contribution is 6.01. The van der Waals surface area contributed by atoms with Gasteiger partial charge in [0.05, 0.1) is 17.9 Å². The van der Waals surface area contributed by atoms with E-state index in [9.17, 15) is 13.6 Å². The molecule has 8 heteroatoms. The number of aromatic amines is 1. The predicted molar refractivity (Wildman–Crippen MR) is 120 cm³/mol. The van der Waals surface area contributed by atoms with Gasteiger partial charge in [-0.15, -0.1) is 0 Å². The van der Waals surface area contributed by atoms with E-state index in [1.165, 1.54) is 12.1 Å². The number of aryl methyl sites for hydroxylation is 1. The number of nitrogens with one attached hydrogen (secondary N) is 3. The van der Waals surface area contributed by atoms with E-state index in [0.717, 1.165) is 41.5 Å².